The highest BCUT2D eigenvalue weighted by molar-refractivity contribution is 5.97. The lowest BCUT2D eigenvalue weighted by molar-refractivity contribution is -0.142. The first-order chi connectivity index (χ1) is 26.3. The minimum absolute atomic E-state index is 0.103. The molecule has 4 heterocycles. The zero-order chi connectivity index (χ0) is 40.8. The Labute approximate surface area is 329 Å². The first-order valence-electron chi connectivity index (χ1n) is 19.0. The van der Waals surface area contributed by atoms with Gasteiger partial charge in [0.1, 0.15) is 23.3 Å². The number of carboxylic acid groups (broad SMARTS) is 1. The normalized spacial score (nSPS) is 14.9. The van der Waals surface area contributed by atoms with Crippen LogP contribution in [0.3, 0.4) is 0 Å². The summed E-state index contributed by atoms with van der Waals surface area (Å²) < 4.78 is 6.87. The largest absolute Gasteiger partial charge is 0.480 e. The number of piperazine rings is 1. The van der Waals surface area contributed by atoms with Gasteiger partial charge in [-0.05, 0) is 98.5 Å². The molecule has 0 aliphatic carbocycles. The van der Waals surface area contributed by atoms with Crippen LogP contribution < -0.4 is 20.9 Å². The van der Waals surface area contributed by atoms with Gasteiger partial charge in [0.25, 0.3) is 0 Å². The molecule has 15 heteroatoms. The number of carboxylic acids is 1. The predicted octanol–water partition coefficient (Wildman–Crippen LogP) is 6.66. The Morgan fingerprint density at radius 2 is 1.64 bits per heavy atom. The third kappa shape index (κ3) is 11.7. The van der Waals surface area contributed by atoms with Crippen molar-refractivity contribution in [1.82, 2.24) is 35.2 Å². The molecule has 1 fully saturated rings. The van der Waals surface area contributed by atoms with Crippen LogP contribution in [0.4, 0.5) is 27.8 Å². The van der Waals surface area contributed by atoms with E-state index >= 15 is 0 Å². The summed E-state index contributed by atoms with van der Waals surface area (Å²) in [6, 6.07) is 12.1. The first kappa shape index (κ1) is 41.6. The number of anilines is 4. The number of pyridine rings is 2. The third-order valence-corrected chi connectivity index (χ3v) is 9.22. The quantitative estimate of drug-likeness (QED) is 0.114. The minimum atomic E-state index is -0.913. The molecule has 0 bridgehead atoms. The zero-order valence-electron chi connectivity index (χ0n) is 34.0. The summed E-state index contributed by atoms with van der Waals surface area (Å²) in [5, 5.41) is 27.0. The summed E-state index contributed by atoms with van der Waals surface area (Å²) >= 11 is 0. The van der Waals surface area contributed by atoms with Crippen molar-refractivity contribution in [2.24, 2.45) is 11.3 Å². The Morgan fingerprint density at radius 1 is 0.929 bits per heavy atom. The molecule has 0 spiro atoms. The van der Waals surface area contributed by atoms with E-state index in [1.54, 1.807) is 39.4 Å². The topological polar surface area (TPSA) is 180 Å². The molecule has 5 rings (SSSR count). The van der Waals surface area contributed by atoms with Crippen LogP contribution in [0.1, 0.15) is 79.1 Å². The summed E-state index contributed by atoms with van der Waals surface area (Å²) in [5.74, 6) is 0.226. The van der Waals surface area contributed by atoms with E-state index in [2.05, 4.69) is 41.0 Å². The first-order valence-corrected chi connectivity index (χ1v) is 19.0. The molecule has 3 aromatic heterocycles. The van der Waals surface area contributed by atoms with Crippen LogP contribution in [0, 0.1) is 18.3 Å². The van der Waals surface area contributed by atoms with Crippen LogP contribution in [-0.2, 0) is 20.9 Å². The third-order valence-electron chi connectivity index (χ3n) is 9.22. The molecule has 4 aromatic rings. The average molecular weight is 769 g/mol. The smallest absolute Gasteiger partial charge is 0.408 e. The summed E-state index contributed by atoms with van der Waals surface area (Å²) in [6.45, 7) is 20.9. The molecule has 15 nitrogen and oxygen atoms in total. The molecule has 1 aromatic carbocycles. The Bertz CT molecular complexity index is 1980. The van der Waals surface area contributed by atoms with Gasteiger partial charge in [-0.2, -0.15) is 0 Å². The van der Waals surface area contributed by atoms with Gasteiger partial charge in [-0.15, -0.1) is 5.10 Å². The van der Waals surface area contributed by atoms with Crippen molar-refractivity contribution in [2.45, 2.75) is 93.0 Å². The Hall–Kier alpha value is -5.57. The van der Waals surface area contributed by atoms with Crippen molar-refractivity contribution in [2.75, 3.05) is 41.7 Å². The maximum Gasteiger partial charge on any atom is 0.408 e. The van der Waals surface area contributed by atoms with Gasteiger partial charge < -0.3 is 30.7 Å². The fourth-order valence-electron chi connectivity index (χ4n) is 6.62. The van der Waals surface area contributed by atoms with Gasteiger partial charge in [0.05, 0.1) is 23.8 Å². The number of hydrogen-bond donors (Lipinski definition) is 4. The van der Waals surface area contributed by atoms with E-state index in [-0.39, 0.29) is 17.2 Å². The fourth-order valence-corrected chi connectivity index (χ4v) is 6.62. The standard InChI is InChI=1S/C41H56N10O5/c1-26(2)36(38(53)54)51-25-31(47-48-51)24-49-16-18-50(19-17-49)35-13-11-30(23-43-35)44-34-21-28(14-15-42-34)32-12-10-29(20-27(32)3)45-37(52)33(22-40(4,5)6)46-39(55)56-41(7,8)9/h10-15,20-21,23,25-26,33,36H,16-19,22,24H2,1-9H3,(H,42,44)(H,45,52)(H,46,55)(H,53,54)/t33-,36?/m1/s1. The number of alkyl carbamates (subject to hydrolysis) is 1. The maximum absolute atomic E-state index is 13.4. The molecule has 1 aliphatic rings. The minimum Gasteiger partial charge on any atom is -0.480 e. The summed E-state index contributed by atoms with van der Waals surface area (Å²) in [5.41, 5.74) is 4.21. The maximum atomic E-state index is 13.4. The zero-order valence-corrected chi connectivity index (χ0v) is 34.0. The van der Waals surface area contributed by atoms with Crippen LogP contribution in [-0.4, -0.2) is 90.8 Å². The van der Waals surface area contributed by atoms with E-state index in [0.29, 0.717) is 24.5 Å². The summed E-state index contributed by atoms with van der Waals surface area (Å²) in [6.07, 6.45) is 5.09. The van der Waals surface area contributed by atoms with E-state index < -0.39 is 29.7 Å². The van der Waals surface area contributed by atoms with Crippen LogP contribution in [0.15, 0.2) is 61.1 Å². The Balaban J connectivity index is 1.16. The van der Waals surface area contributed by atoms with Gasteiger partial charge in [0.2, 0.25) is 5.91 Å². The highest BCUT2D eigenvalue weighted by Gasteiger charge is 2.29. The van der Waals surface area contributed by atoms with Crippen LogP contribution in [0.25, 0.3) is 11.1 Å². The molecule has 1 aliphatic heterocycles. The molecule has 56 heavy (non-hydrogen) atoms. The number of hydrogen-bond acceptors (Lipinski definition) is 11. The van der Waals surface area contributed by atoms with Crippen molar-refractivity contribution < 1.29 is 24.2 Å². The van der Waals surface area contributed by atoms with Crippen LogP contribution in [0.5, 0.6) is 0 Å². The molecule has 2 atom stereocenters. The number of nitrogens with zero attached hydrogens (tertiary/aromatic N) is 7. The molecular formula is C41H56N10O5. The SMILES string of the molecule is Cc1cc(NC(=O)[C@@H](CC(C)(C)C)NC(=O)OC(C)(C)C)ccc1-c1ccnc(Nc2ccc(N3CCN(Cc4cn(C(C(=O)O)C(C)C)nn4)CC3)nc2)c1. The van der Waals surface area contributed by atoms with E-state index in [1.807, 2.05) is 84.0 Å². The van der Waals surface area contributed by atoms with Crippen molar-refractivity contribution in [3.05, 3.63) is 72.3 Å². The number of ether oxygens (including phenoxy) is 1. The van der Waals surface area contributed by atoms with Gasteiger partial charge in [-0.1, -0.05) is 45.9 Å². The van der Waals surface area contributed by atoms with Crippen molar-refractivity contribution >= 4 is 41.0 Å². The monoisotopic (exact) mass is 768 g/mol. The van der Waals surface area contributed by atoms with Gasteiger partial charge >= 0.3 is 12.1 Å². The molecular weight excluding hydrogens is 713 g/mol. The number of amides is 2. The van der Waals surface area contributed by atoms with E-state index in [0.717, 1.165) is 60.1 Å². The highest BCUT2D eigenvalue weighted by atomic mass is 16.6. The average Bonchev–Trinajstić information content (AvgIpc) is 3.54. The second-order valence-corrected chi connectivity index (χ2v) is 16.9. The second kappa shape index (κ2) is 17.5. The molecule has 1 unspecified atom stereocenters. The van der Waals surface area contributed by atoms with Crippen molar-refractivity contribution in [3.63, 3.8) is 0 Å². The van der Waals surface area contributed by atoms with Crippen molar-refractivity contribution in [3.8, 4) is 11.1 Å². The lowest BCUT2D eigenvalue weighted by Gasteiger charge is -2.35. The number of nitrogens with one attached hydrogen (secondary N) is 3. The highest BCUT2D eigenvalue weighted by Crippen LogP contribution is 2.29. The van der Waals surface area contributed by atoms with E-state index in [9.17, 15) is 19.5 Å². The number of rotatable bonds is 13. The number of aryl methyl sites for hydroxylation is 1. The fraction of sp³-hybridized carbons (Fsp3) is 0.488. The Morgan fingerprint density at radius 3 is 2.25 bits per heavy atom. The van der Waals surface area contributed by atoms with Gasteiger partial charge in [0.15, 0.2) is 6.04 Å². The number of aliphatic carboxylic acids is 1. The van der Waals surface area contributed by atoms with Crippen LogP contribution >= 0.6 is 0 Å². The van der Waals surface area contributed by atoms with Gasteiger partial charge in [-0.25, -0.2) is 24.2 Å². The molecule has 2 amide bonds. The van der Waals surface area contributed by atoms with Gasteiger partial charge in [-0.3, -0.25) is 9.69 Å². The van der Waals surface area contributed by atoms with Crippen LogP contribution in [0.2, 0.25) is 0 Å². The van der Waals surface area contributed by atoms with E-state index in [4.69, 9.17) is 9.72 Å². The molecule has 1 saturated heterocycles. The molecule has 300 valence electrons. The molecule has 4 N–H and O–H groups in total. The van der Waals surface area contributed by atoms with E-state index in [1.165, 1.54) is 4.68 Å². The predicted molar refractivity (Wildman–Crippen MR) is 217 cm³/mol. The molecule has 0 radical (unpaired) electrons. The summed E-state index contributed by atoms with van der Waals surface area (Å²) in [7, 11) is 0. The number of aromatic nitrogens is 5. The van der Waals surface area contributed by atoms with Crippen molar-refractivity contribution in [1.29, 1.82) is 0 Å². The summed E-state index contributed by atoms with van der Waals surface area (Å²) in [4.78, 5) is 51.4. The number of carbonyl (C=O) groups excluding carboxylic acids is 2. The second-order valence-electron chi connectivity index (χ2n) is 16.9. The Kier molecular flexibility index (Phi) is 13.0. The van der Waals surface area contributed by atoms with Gasteiger partial charge in [0, 0.05) is 44.6 Å². The number of benzene rings is 1. The lowest BCUT2D eigenvalue weighted by atomic mass is 9.87. The lowest BCUT2D eigenvalue weighted by Crippen LogP contribution is -2.47. The molecule has 0 saturated carbocycles. The number of carbonyl (C=O) groups is 3.